The second kappa shape index (κ2) is 5.36. The minimum atomic E-state index is -0.335. The third-order valence-electron chi connectivity index (χ3n) is 4.54. The Morgan fingerprint density at radius 1 is 1.41 bits per heavy atom. The van der Waals surface area contributed by atoms with Crippen molar-refractivity contribution in [2.75, 3.05) is 13.6 Å². The summed E-state index contributed by atoms with van der Waals surface area (Å²) in [5.74, 6) is 0.662. The molecule has 0 aromatic heterocycles. The summed E-state index contributed by atoms with van der Waals surface area (Å²) in [6.45, 7) is 2.76. The van der Waals surface area contributed by atoms with Crippen LogP contribution in [0.4, 0.5) is 0 Å². The molecule has 4 nitrogen and oxygen atoms in total. The van der Waals surface area contributed by atoms with E-state index in [4.69, 9.17) is 5.73 Å². The molecule has 0 radical (unpaired) electrons. The molecule has 0 aromatic carbocycles. The number of carbonyl (C=O) groups excluding carboxylic acids is 1. The summed E-state index contributed by atoms with van der Waals surface area (Å²) in [4.78, 5) is 14.1. The molecule has 2 heterocycles. The van der Waals surface area contributed by atoms with Crippen LogP contribution in [0.25, 0.3) is 0 Å². The molecule has 2 fully saturated rings. The first kappa shape index (κ1) is 12.8. The number of nitrogens with one attached hydrogen (secondary N) is 1. The topological polar surface area (TPSA) is 58.4 Å². The van der Waals surface area contributed by atoms with E-state index in [1.807, 2.05) is 6.92 Å². The molecule has 2 rings (SSSR count). The summed E-state index contributed by atoms with van der Waals surface area (Å²) in [5.41, 5.74) is 5.70. The van der Waals surface area contributed by atoms with E-state index in [-0.39, 0.29) is 11.9 Å². The Kier molecular flexibility index (Phi) is 4.05. The molecule has 4 heteroatoms. The number of fused-ring (bicyclic) bond motifs is 2. The van der Waals surface area contributed by atoms with Crippen molar-refractivity contribution in [3.05, 3.63) is 0 Å². The van der Waals surface area contributed by atoms with Crippen molar-refractivity contribution in [2.45, 2.75) is 57.2 Å². The number of hydrogen-bond donors (Lipinski definition) is 2. The van der Waals surface area contributed by atoms with Crippen LogP contribution in [0, 0.1) is 5.92 Å². The van der Waals surface area contributed by atoms with E-state index in [0.29, 0.717) is 12.3 Å². The highest BCUT2D eigenvalue weighted by Crippen LogP contribution is 2.36. The zero-order valence-electron chi connectivity index (χ0n) is 11.0. The maximum absolute atomic E-state index is 11.6. The first-order chi connectivity index (χ1) is 8.11. The van der Waals surface area contributed by atoms with Gasteiger partial charge in [-0.1, -0.05) is 6.92 Å². The number of carbonyl (C=O) groups is 1. The van der Waals surface area contributed by atoms with Gasteiger partial charge in [0.15, 0.2) is 0 Å². The molecule has 0 spiro atoms. The average molecular weight is 239 g/mol. The quantitative estimate of drug-likeness (QED) is 0.760. The number of nitrogens with two attached hydrogens (primary N) is 1. The van der Waals surface area contributed by atoms with Gasteiger partial charge in [0.05, 0.1) is 6.04 Å². The maximum atomic E-state index is 11.6. The van der Waals surface area contributed by atoms with Gasteiger partial charge in [0.2, 0.25) is 5.91 Å². The van der Waals surface area contributed by atoms with E-state index in [1.165, 1.54) is 25.7 Å². The largest absolute Gasteiger partial charge is 0.354 e. The Morgan fingerprint density at radius 2 is 2.00 bits per heavy atom. The van der Waals surface area contributed by atoms with Crippen molar-refractivity contribution >= 4 is 5.91 Å². The highest BCUT2D eigenvalue weighted by Gasteiger charge is 2.38. The first-order valence-corrected chi connectivity index (χ1v) is 6.87. The Bertz CT molecular complexity index is 268. The van der Waals surface area contributed by atoms with Gasteiger partial charge in [-0.2, -0.15) is 0 Å². The number of nitrogens with zero attached hydrogens (tertiary/aromatic N) is 1. The standard InChI is InChI=1S/C13H25N3O/c1-3-12(14)13(17)15-8-9-6-10-4-5-11(7-9)16(10)2/h9-12H,3-8,14H2,1-2H3,(H,15,17). The minimum Gasteiger partial charge on any atom is -0.354 e. The molecule has 3 atom stereocenters. The van der Waals surface area contributed by atoms with Crippen LogP contribution in [0.5, 0.6) is 0 Å². The predicted octanol–water partition coefficient (Wildman–Crippen LogP) is 0.713. The molecular formula is C13H25N3O. The fourth-order valence-electron chi connectivity index (χ4n) is 3.25. The fourth-order valence-corrected chi connectivity index (χ4v) is 3.25. The van der Waals surface area contributed by atoms with Crippen molar-refractivity contribution < 1.29 is 4.79 Å². The smallest absolute Gasteiger partial charge is 0.236 e. The van der Waals surface area contributed by atoms with Gasteiger partial charge in [-0.15, -0.1) is 0 Å². The number of piperidine rings is 1. The van der Waals surface area contributed by atoms with Crippen LogP contribution < -0.4 is 11.1 Å². The fraction of sp³-hybridized carbons (Fsp3) is 0.923. The number of rotatable bonds is 4. The summed E-state index contributed by atoms with van der Waals surface area (Å²) in [7, 11) is 2.24. The molecule has 0 saturated carbocycles. The number of amides is 1. The summed E-state index contributed by atoms with van der Waals surface area (Å²) in [6, 6.07) is 1.16. The second-order valence-electron chi connectivity index (χ2n) is 5.65. The molecule has 3 unspecified atom stereocenters. The van der Waals surface area contributed by atoms with Crippen LogP contribution in [0.1, 0.15) is 39.0 Å². The highest BCUT2D eigenvalue weighted by atomic mass is 16.2. The summed E-state index contributed by atoms with van der Waals surface area (Å²) < 4.78 is 0. The molecule has 1 amide bonds. The van der Waals surface area contributed by atoms with E-state index in [0.717, 1.165) is 18.6 Å². The third-order valence-corrected chi connectivity index (χ3v) is 4.54. The monoisotopic (exact) mass is 239 g/mol. The molecular weight excluding hydrogens is 214 g/mol. The van der Waals surface area contributed by atoms with Crippen molar-refractivity contribution in [2.24, 2.45) is 11.7 Å². The van der Waals surface area contributed by atoms with E-state index in [9.17, 15) is 4.79 Å². The zero-order chi connectivity index (χ0) is 12.4. The maximum Gasteiger partial charge on any atom is 0.236 e. The average Bonchev–Trinajstić information content (AvgIpc) is 2.57. The van der Waals surface area contributed by atoms with E-state index >= 15 is 0 Å². The molecule has 3 N–H and O–H groups in total. The van der Waals surface area contributed by atoms with Gasteiger partial charge in [0.25, 0.3) is 0 Å². The van der Waals surface area contributed by atoms with Crippen LogP contribution in [0.3, 0.4) is 0 Å². The van der Waals surface area contributed by atoms with Gasteiger partial charge in [-0.25, -0.2) is 0 Å². The third kappa shape index (κ3) is 2.80. The number of hydrogen-bond acceptors (Lipinski definition) is 3. The van der Waals surface area contributed by atoms with Gasteiger partial charge in [0.1, 0.15) is 0 Å². The van der Waals surface area contributed by atoms with Crippen molar-refractivity contribution in [3.8, 4) is 0 Å². The Morgan fingerprint density at radius 3 is 2.53 bits per heavy atom. The van der Waals surface area contributed by atoms with Crippen LogP contribution in [0.15, 0.2) is 0 Å². The van der Waals surface area contributed by atoms with Crippen LogP contribution in [0.2, 0.25) is 0 Å². The van der Waals surface area contributed by atoms with Gasteiger partial charge in [0, 0.05) is 18.6 Å². The molecule has 0 aliphatic carbocycles. The van der Waals surface area contributed by atoms with Crippen molar-refractivity contribution in [1.82, 2.24) is 10.2 Å². The van der Waals surface area contributed by atoms with Crippen LogP contribution in [-0.4, -0.2) is 42.5 Å². The second-order valence-corrected chi connectivity index (χ2v) is 5.65. The first-order valence-electron chi connectivity index (χ1n) is 6.87. The molecule has 2 aliphatic rings. The summed E-state index contributed by atoms with van der Waals surface area (Å²) in [5, 5.41) is 3.00. The Balaban J connectivity index is 1.76. The zero-order valence-corrected chi connectivity index (χ0v) is 11.0. The Hall–Kier alpha value is -0.610. The molecule has 98 valence electrons. The summed E-state index contributed by atoms with van der Waals surface area (Å²) >= 11 is 0. The van der Waals surface area contributed by atoms with Gasteiger partial charge < -0.3 is 16.0 Å². The van der Waals surface area contributed by atoms with Crippen LogP contribution >= 0.6 is 0 Å². The van der Waals surface area contributed by atoms with Crippen molar-refractivity contribution in [1.29, 1.82) is 0 Å². The predicted molar refractivity (Wildman–Crippen MR) is 68.6 cm³/mol. The van der Waals surface area contributed by atoms with Crippen LogP contribution in [-0.2, 0) is 4.79 Å². The molecule has 17 heavy (non-hydrogen) atoms. The normalized spacial score (nSPS) is 34.6. The highest BCUT2D eigenvalue weighted by molar-refractivity contribution is 5.81. The SMILES string of the molecule is CCC(N)C(=O)NCC1CC2CCC(C1)N2C. The summed E-state index contributed by atoms with van der Waals surface area (Å²) in [6.07, 6.45) is 5.84. The van der Waals surface area contributed by atoms with E-state index in [2.05, 4.69) is 17.3 Å². The lowest BCUT2D eigenvalue weighted by molar-refractivity contribution is -0.122. The molecule has 0 aromatic rings. The molecule has 2 bridgehead atoms. The van der Waals surface area contributed by atoms with Gasteiger partial charge >= 0.3 is 0 Å². The van der Waals surface area contributed by atoms with E-state index < -0.39 is 0 Å². The Labute approximate surface area is 104 Å². The molecule has 2 saturated heterocycles. The van der Waals surface area contributed by atoms with E-state index in [1.54, 1.807) is 0 Å². The van der Waals surface area contributed by atoms with Gasteiger partial charge in [-0.05, 0) is 45.1 Å². The van der Waals surface area contributed by atoms with Gasteiger partial charge in [-0.3, -0.25) is 4.79 Å². The lowest BCUT2D eigenvalue weighted by Gasteiger charge is -2.36. The lowest BCUT2D eigenvalue weighted by Crippen LogP contribution is -2.46. The lowest BCUT2D eigenvalue weighted by atomic mass is 9.91. The minimum absolute atomic E-state index is 0.0128. The molecule has 2 aliphatic heterocycles. The van der Waals surface area contributed by atoms with Crippen molar-refractivity contribution in [3.63, 3.8) is 0 Å².